The molecule has 11 heavy (non-hydrogen) atoms. The molecule has 0 aromatic heterocycles. The van der Waals surface area contributed by atoms with Crippen LogP contribution in [0.4, 0.5) is 4.79 Å². The number of rotatable bonds is 1. The molecule has 0 bridgehead atoms. The molecular weight excluding hydrogens is 140 g/mol. The summed E-state index contributed by atoms with van der Waals surface area (Å²) in [6.07, 6.45) is 0. The second-order valence-corrected chi connectivity index (χ2v) is 2.88. The Morgan fingerprint density at radius 2 is 1.55 bits per heavy atom. The summed E-state index contributed by atoms with van der Waals surface area (Å²) < 4.78 is 0. The highest BCUT2D eigenvalue weighted by atomic mass is 16.2. The highest BCUT2D eigenvalue weighted by molar-refractivity contribution is 5.73. The maximum Gasteiger partial charge on any atom is 0.319 e. The van der Waals surface area contributed by atoms with Crippen LogP contribution in [0, 0.1) is 0 Å². The Hall–Kier alpha value is -0.730. The maximum absolute atomic E-state index is 11.1. The minimum Gasteiger partial charge on any atom is -0.331 e. The molecule has 0 fully saturated rings. The number of carbonyl (C=O) groups is 1. The molecule has 68 valence electrons. The standard InChI is InChI=1S/C7H16N2O.CH4/c1-6(2)9(5)7(10)8(3)4;/h6H,1-5H3;1H4. The van der Waals surface area contributed by atoms with E-state index in [1.165, 1.54) is 0 Å². The Bertz CT molecular complexity index is 121. The SMILES string of the molecule is C.CC(C)N(C)C(=O)N(C)C. The van der Waals surface area contributed by atoms with Crippen LogP contribution < -0.4 is 0 Å². The number of hydrogen-bond acceptors (Lipinski definition) is 1. The van der Waals surface area contributed by atoms with Crippen molar-refractivity contribution in [2.75, 3.05) is 21.1 Å². The van der Waals surface area contributed by atoms with Gasteiger partial charge < -0.3 is 9.80 Å². The predicted molar refractivity (Wildman–Crippen MR) is 48.7 cm³/mol. The Morgan fingerprint density at radius 3 is 1.64 bits per heavy atom. The van der Waals surface area contributed by atoms with Crippen molar-refractivity contribution in [2.24, 2.45) is 0 Å². The van der Waals surface area contributed by atoms with Gasteiger partial charge in [-0.1, -0.05) is 7.43 Å². The van der Waals surface area contributed by atoms with Gasteiger partial charge in [-0.05, 0) is 13.8 Å². The highest BCUT2D eigenvalue weighted by Gasteiger charge is 2.12. The molecule has 0 spiro atoms. The topological polar surface area (TPSA) is 23.6 Å². The lowest BCUT2D eigenvalue weighted by molar-refractivity contribution is 0.171. The molecule has 2 amide bonds. The number of urea groups is 1. The molecule has 3 heteroatoms. The lowest BCUT2D eigenvalue weighted by Gasteiger charge is -2.24. The van der Waals surface area contributed by atoms with Crippen molar-refractivity contribution >= 4 is 6.03 Å². The third-order valence-electron chi connectivity index (χ3n) is 1.46. The van der Waals surface area contributed by atoms with Gasteiger partial charge in [0.15, 0.2) is 0 Å². The fourth-order valence-corrected chi connectivity index (χ4v) is 0.536. The molecule has 0 aromatic rings. The van der Waals surface area contributed by atoms with Crippen molar-refractivity contribution < 1.29 is 4.79 Å². The van der Waals surface area contributed by atoms with E-state index in [0.29, 0.717) is 0 Å². The monoisotopic (exact) mass is 160 g/mol. The summed E-state index contributed by atoms with van der Waals surface area (Å²) in [5.74, 6) is 0. The molecule has 0 aliphatic carbocycles. The lowest BCUT2D eigenvalue weighted by atomic mass is 10.4. The average molecular weight is 160 g/mol. The molecule has 0 N–H and O–H groups in total. The molecule has 3 nitrogen and oxygen atoms in total. The summed E-state index contributed by atoms with van der Waals surface area (Å²) in [7, 11) is 5.30. The van der Waals surface area contributed by atoms with E-state index in [4.69, 9.17) is 0 Å². The first-order chi connectivity index (χ1) is 4.46. The molecule has 0 aliphatic rings. The molecular formula is C8H20N2O. The van der Waals surface area contributed by atoms with E-state index in [1.54, 1.807) is 30.9 Å². The highest BCUT2D eigenvalue weighted by Crippen LogP contribution is 1.96. The normalized spacial score (nSPS) is 8.91. The van der Waals surface area contributed by atoms with E-state index >= 15 is 0 Å². The number of carbonyl (C=O) groups excluding carboxylic acids is 1. The van der Waals surface area contributed by atoms with Gasteiger partial charge in [0.25, 0.3) is 0 Å². The minimum atomic E-state index is 0. The van der Waals surface area contributed by atoms with E-state index < -0.39 is 0 Å². The summed E-state index contributed by atoms with van der Waals surface area (Å²) in [5, 5.41) is 0. The lowest BCUT2D eigenvalue weighted by Crippen LogP contribution is -2.40. The van der Waals surface area contributed by atoms with Gasteiger partial charge in [0.1, 0.15) is 0 Å². The minimum absolute atomic E-state index is 0. The van der Waals surface area contributed by atoms with Gasteiger partial charge in [-0.15, -0.1) is 0 Å². The van der Waals surface area contributed by atoms with Gasteiger partial charge in [-0.2, -0.15) is 0 Å². The van der Waals surface area contributed by atoms with E-state index in [9.17, 15) is 4.79 Å². The Kier molecular flexibility index (Phi) is 5.86. The average Bonchev–Trinajstić information content (AvgIpc) is 1.84. The summed E-state index contributed by atoms with van der Waals surface area (Å²) >= 11 is 0. The van der Waals surface area contributed by atoms with Crippen molar-refractivity contribution in [3.05, 3.63) is 0 Å². The molecule has 0 saturated heterocycles. The van der Waals surface area contributed by atoms with Gasteiger partial charge in [0, 0.05) is 27.2 Å². The van der Waals surface area contributed by atoms with Crippen LogP contribution in [0.5, 0.6) is 0 Å². The number of amides is 2. The van der Waals surface area contributed by atoms with Gasteiger partial charge in [-0.25, -0.2) is 4.79 Å². The van der Waals surface area contributed by atoms with Gasteiger partial charge in [0.2, 0.25) is 0 Å². The van der Waals surface area contributed by atoms with Gasteiger partial charge in [-0.3, -0.25) is 0 Å². The van der Waals surface area contributed by atoms with Gasteiger partial charge >= 0.3 is 6.03 Å². The van der Waals surface area contributed by atoms with Crippen LogP contribution in [0.3, 0.4) is 0 Å². The van der Waals surface area contributed by atoms with Crippen molar-refractivity contribution in [3.63, 3.8) is 0 Å². The summed E-state index contributed by atoms with van der Waals surface area (Å²) in [5.41, 5.74) is 0. The Morgan fingerprint density at radius 1 is 1.18 bits per heavy atom. The summed E-state index contributed by atoms with van der Waals surface area (Å²) in [6.45, 7) is 3.98. The molecule has 0 unspecified atom stereocenters. The van der Waals surface area contributed by atoms with Crippen LogP contribution >= 0.6 is 0 Å². The van der Waals surface area contributed by atoms with Crippen molar-refractivity contribution in [1.82, 2.24) is 9.80 Å². The van der Waals surface area contributed by atoms with Gasteiger partial charge in [0.05, 0.1) is 0 Å². The van der Waals surface area contributed by atoms with E-state index in [0.717, 1.165) is 0 Å². The third kappa shape index (κ3) is 3.86. The number of hydrogen-bond donors (Lipinski definition) is 0. The maximum atomic E-state index is 11.1. The van der Waals surface area contributed by atoms with E-state index in [1.807, 2.05) is 13.8 Å². The number of nitrogens with zero attached hydrogens (tertiary/aromatic N) is 2. The first kappa shape index (κ1) is 12.9. The second kappa shape index (κ2) is 4.99. The van der Waals surface area contributed by atoms with Crippen LogP contribution in [0.15, 0.2) is 0 Å². The zero-order chi connectivity index (χ0) is 8.31. The first-order valence-electron chi connectivity index (χ1n) is 3.41. The van der Waals surface area contributed by atoms with Crippen LogP contribution in [-0.2, 0) is 0 Å². The summed E-state index contributed by atoms with van der Waals surface area (Å²) in [6, 6.07) is 0.324. The molecule has 0 atom stereocenters. The van der Waals surface area contributed by atoms with Crippen molar-refractivity contribution in [2.45, 2.75) is 27.3 Å². The van der Waals surface area contributed by atoms with E-state index in [2.05, 4.69) is 0 Å². The van der Waals surface area contributed by atoms with Crippen molar-refractivity contribution in [3.8, 4) is 0 Å². The molecule has 0 aliphatic heterocycles. The molecule has 0 saturated carbocycles. The smallest absolute Gasteiger partial charge is 0.319 e. The quantitative estimate of drug-likeness (QED) is 0.572. The van der Waals surface area contributed by atoms with Crippen LogP contribution in [0.1, 0.15) is 21.3 Å². The molecule has 0 aromatic carbocycles. The Balaban J connectivity index is 0. The zero-order valence-electron chi connectivity index (χ0n) is 7.38. The van der Waals surface area contributed by atoms with Crippen LogP contribution in [0.25, 0.3) is 0 Å². The molecule has 0 rings (SSSR count). The van der Waals surface area contributed by atoms with Crippen LogP contribution in [0.2, 0.25) is 0 Å². The molecule has 0 radical (unpaired) electrons. The fourth-order valence-electron chi connectivity index (χ4n) is 0.536. The van der Waals surface area contributed by atoms with E-state index in [-0.39, 0.29) is 19.5 Å². The predicted octanol–water partition coefficient (Wildman–Crippen LogP) is 1.64. The fraction of sp³-hybridized carbons (Fsp3) is 0.875. The van der Waals surface area contributed by atoms with Crippen LogP contribution in [-0.4, -0.2) is 43.0 Å². The first-order valence-corrected chi connectivity index (χ1v) is 3.41. The zero-order valence-corrected chi connectivity index (χ0v) is 7.38. The molecule has 0 heterocycles. The Labute approximate surface area is 70.0 Å². The van der Waals surface area contributed by atoms with Crippen molar-refractivity contribution in [1.29, 1.82) is 0 Å². The second-order valence-electron chi connectivity index (χ2n) is 2.88. The third-order valence-corrected chi connectivity index (χ3v) is 1.46. The summed E-state index contributed by atoms with van der Waals surface area (Å²) in [4.78, 5) is 14.4. The largest absolute Gasteiger partial charge is 0.331 e.